The molecule has 0 amide bonds. The lowest BCUT2D eigenvalue weighted by atomic mass is 9.83. The van der Waals surface area contributed by atoms with Crippen molar-refractivity contribution in [3.05, 3.63) is 182 Å². The molecule has 0 aliphatic heterocycles. The maximum absolute atomic E-state index is 2.33. The normalized spacial score (nSPS) is 11.5. The van der Waals surface area contributed by atoms with Crippen LogP contribution in [-0.4, -0.2) is 0 Å². The molecule has 0 bridgehead atoms. The molecule has 9 aromatic rings. The van der Waals surface area contributed by atoms with Crippen LogP contribution in [0.1, 0.15) is 0 Å². The molecular formula is C46H30. The van der Waals surface area contributed by atoms with E-state index in [0.29, 0.717) is 0 Å². The van der Waals surface area contributed by atoms with E-state index < -0.39 is 0 Å². The SMILES string of the molecule is c1ccc(-c2c3ccccc3c(-c3ccc(-c4c(-c5ccccc5)c5ccccc5c5ccccc45)cc3)c3ccccc23)cc1. The Morgan fingerprint density at radius 3 is 0.717 bits per heavy atom. The summed E-state index contributed by atoms with van der Waals surface area (Å²) in [4.78, 5) is 0. The zero-order valence-corrected chi connectivity index (χ0v) is 25.3. The van der Waals surface area contributed by atoms with Crippen LogP contribution in [-0.2, 0) is 0 Å². The standard InChI is InChI=1S/C46H30/c1-3-15-31(16-4-1)43-39-23-11-13-25-41(39)44(42-26-14-12-24-40(42)43)33-27-29-34(30-28-33)46-38-22-10-8-20-36(38)35-19-7-9-21-37(35)45(46)32-17-5-2-6-18-32/h1-30H. The van der Waals surface area contributed by atoms with Crippen LogP contribution in [0.3, 0.4) is 0 Å². The Bertz CT molecular complexity index is 2480. The molecule has 214 valence electrons. The van der Waals surface area contributed by atoms with Gasteiger partial charge in [-0.2, -0.15) is 0 Å². The van der Waals surface area contributed by atoms with Gasteiger partial charge in [-0.1, -0.05) is 182 Å². The molecule has 0 aromatic heterocycles. The molecule has 0 heterocycles. The summed E-state index contributed by atoms with van der Waals surface area (Å²) in [5.74, 6) is 0. The molecule has 0 spiro atoms. The number of hydrogen-bond donors (Lipinski definition) is 0. The Kier molecular flexibility index (Phi) is 6.25. The van der Waals surface area contributed by atoms with Gasteiger partial charge in [-0.15, -0.1) is 0 Å². The molecule has 0 nitrogen and oxygen atoms in total. The maximum atomic E-state index is 2.33. The van der Waals surface area contributed by atoms with Gasteiger partial charge in [-0.05, 0) is 87.6 Å². The summed E-state index contributed by atoms with van der Waals surface area (Å²) < 4.78 is 0. The number of fused-ring (bicyclic) bond motifs is 5. The summed E-state index contributed by atoms with van der Waals surface area (Å²) in [6.07, 6.45) is 0. The average molecular weight is 583 g/mol. The van der Waals surface area contributed by atoms with Crippen molar-refractivity contribution in [3.63, 3.8) is 0 Å². The zero-order chi connectivity index (χ0) is 30.5. The third kappa shape index (κ3) is 4.15. The Hall–Kier alpha value is -5.98. The average Bonchev–Trinajstić information content (AvgIpc) is 3.14. The summed E-state index contributed by atoms with van der Waals surface area (Å²) in [5, 5.41) is 10.2. The Morgan fingerprint density at radius 1 is 0.152 bits per heavy atom. The summed E-state index contributed by atoms with van der Waals surface area (Å²) in [6.45, 7) is 0. The van der Waals surface area contributed by atoms with Crippen molar-refractivity contribution in [2.24, 2.45) is 0 Å². The molecule has 9 rings (SSSR count). The molecule has 0 N–H and O–H groups in total. The first kappa shape index (κ1) is 26.4. The van der Waals surface area contributed by atoms with Gasteiger partial charge in [-0.3, -0.25) is 0 Å². The second kappa shape index (κ2) is 10.9. The van der Waals surface area contributed by atoms with E-state index in [1.807, 2.05) is 0 Å². The number of benzene rings is 9. The topological polar surface area (TPSA) is 0 Å². The van der Waals surface area contributed by atoms with Crippen molar-refractivity contribution < 1.29 is 0 Å². The van der Waals surface area contributed by atoms with E-state index in [0.717, 1.165) is 0 Å². The molecule has 0 aliphatic rings. The summed E-state index contributed by atoms with van der Waals surface area (Å²) >= 11 is 0. The first-order valence-corrected chi connectivity index (χ1v) is 16.0. The van der Waals surface area contributed by atoms with Crippen molar-refractivity contribution in [1.82, 2.24) is 0 Å². The van der Waals surface area contributed by atoms with E-state index in [1.165, 1.54) is 87.6 Å². The van der Waals surface area contributed by atoms with Crippen molar-refractivity contribution >= 4 is 43.1 Å². The van der Waals surface area contributed by atoms with E-state index in [-0.39, 0.29) is 0 Å². The minimum atomic E-state index is 1.22. The van der Waals surface area contributed by atoms with Crippen LogP contribution < -0.4 is 0 Å². The van der Waals surface area contributed by atoms with Gasteiger partial charge in [0.2, 0.25) is 0 Å². The highest BCUT2D eigenvalue weighted by atomic mass is 14.2. The molecule has 46 heavy (non-hydrogen) atoms. The lowest BCUT2D eigenvalue weighted by Gasteiger charge is -2.20. The van der Waals surface area contributed by atoms with Gasteiger partial charge >= 0.3 is 0 Å². The van der Waals surface area contributed by atoms with Crippen molar-refractivity contribution in [1.29, 1.82) is 0 Å². The molecule has 0 fully saturated rings. The fourth-order valence-corrected chi connectivity index (χ4v) is 7.50. The molecule has 0 atom stereocenters. The van der Waals surface area contributed by atoms with Gasteiger partial charge in [-0.25, -0.2) is 0 Å². The smallest absolute Gasteiger partial charge is 0.00203 e. The first-order chi connectivity index (χ1) is 22.9. The van der Waals surface area contributed by atoms with Crippen molar-refractivity contribution in [2.45, 2.75) is 0 Å². The van der Waals surface area contributed by atoms with E-state index in [1.54, 1.807) is 0 Å². The molecule has 0 aliphatic carbocycles. The van der Waals surface area contributed by atoms with E-state index >= 15 is 0 Å². The van der Waals surface area contributed by atoms with Crippen LogP contribution in [0.15, 0.2) is 182 Å². The fourth-order valence-electron chi connectivity index (χ4n) is 7.50. The van der Waals surface area contributed by atoms with Gasteiger partial charge in [0.05, 0.1) is 0 Å². The summed E-state index contributed by atoms with van der Waals surface area (Å²) in [5.41, 5.74) is 10.1. The third-order valence-electron chi connectivity index (χ3n) is 9.45. The predicted octanol–water partition coefficient (Wildman–Crippen LogP) is 13.0. The fraction of sp³-hybridized carbons (Fsp3) is 0. The minimum Gasteiger partial charge on any atom is -0.0622 e. The third-order valence-corrected chi connectivity index (χ3v) is 9.45. The van der Waals surface area contributed by atoms with Crippen LogP contribution in [0.25, 0.3) is 87.6 Å². The van der Waals surface area contributed by atoms with Gasteiger partial charge in [0.15, 0.2) is 0 Å². The van der Waals surface area contributed by atoms with E-state index in [2.05, 4.69) is 182 Å². The van der Waals surface area contributed by atoms with E-state index in [4.69, 9.17) is 0 Å². The molecular weight excluding hydrogens is 553 g/mol. The monoisotopic (exact) mass is 582 g/mol. The van der Waals surface area contributed by atoms with Crippen LogP contribution in [0.5, 0.6) is 0 Å². The summed E-state index contributed by atoms with van der Waals surface area (Å²) in [7, 11) is 0. The van der Waals surface area contributed by atoms with Crippen molar-refractivity contribution in [2.75, 3.05) is 0 Å². The quantitative estimate of drug-likeness (QED) is 0.143. The second-order valence-corrected chi connectivity index (χ2v) is 12.0. The van der Waals surface area contributed by atoms with Crippen LogP contribution in [0, 0.1) is 0 Å². The van der Waals surface area contributed by atoms with Gasteiger partial charge in [0.25, 0.3) is 0 Å². The summed E-state index contributed by atoms with van der Waals surface area (Å²) in [6, 6.07) is 66.4. The first-order valence-electron chi connectivity index (χ1n) is 16.0. The lowest BCUT2D eigenvalue weighted by Crippen LogP contribution is -1.92. The van der Waals surface area contributed by atoms with Crippen LogP contribution >= 0.6 is 0 Å². The van der Waals surface area contributed by atoms with Crippen LogP contribution in [0.4, 0.5) is 0 Å². The largest absolute Gasteiger partial charge is 0.0622 e. The highest BCUT2D eigenvalue weighted by Crippen LogP contribution is 2.46. The number of hydrogen-bond acceptors (Lipinski definition) is 0. The van der Waals surface area contributed by atoms with Crippen molar-refractivity contribution in [3.8, 4) is 44.5 Å². The van der Waals surface area contributed by atoms with Gasteiger partial charge in [0.1, 0.15) is 0 Å². The van der Waals surface area contributed by atoms with Gasteiger partial charge in [0, 0.05) is 0 Å². The number of rotatable bonds is 4. The Labute approximate surface area is 268 Å². The highest BCUT2D eigenvalue weighted by molar-refractivity contribution is 6.23. The maximum Gasteiger partial charge on any atom is -0.00203 e. The lowest BCUT2D eigenvalue weighted by molar-refractivity contribution is 1.62. The molecule has 0 saturated heterocycles. The van der Waals surface area contributed by atoms with E-state index in [9.17, 15) is 0 Å². The predicted molar refractivity (Wildman–Crippen MR) is 198 cm³/mol. The highest BCUT2D eigenvalue weighted by Gasteiger charge is 2.19. The van der Waals surface area contributed by atoms with Crippen LogP contribution in [0.2, 0.25) is 0 Å². The molecule has 0 heteroatoms. The van der Waals surface area contributed by atoms with Gasteiger partial charge < -0.3 is 0 Å². The molecule has 0 saturated carbocycles. The molecule has 0 radical (unpaired) electrons. The molecule has 9 aromatic carbocycles. The molecule has 0 unspecified atom stereocenters. The Balaban J connectivity index is 1.31. The minimum absolute atomic E-state index is 1.22. The Morgan fingerprint density at radius 2 is 0.370 bits per heavy atom. The second-order valence-electron chi connectivity index (χ2n) is 12.0. The zero-order valence-electron chi connectivity index (χ0n) is 25.3.